The van der Waals surface area contributed by atoms with Crippen LogP contribution in [-0.2, 0) is 14.4 Å². The maximum atomic E-state index is 12.4. The lowest BCUT2D eigenvalue weighted by Crippen LogP contribution is -2.36. The number of rotatable bonds is 8. The summed E-state index contributed by atoms with van der Waals surface area (Å²) in [6, 6.07) is 5.59. The highest BCUT2D eigenvalue weighted by molar-refractivity contribution is 6.44. The van der Waals surface area contributed by atoms with E-state index in [0.717, 1.165) is 24.0 Å². The SMILES string of the molecule is CCCC[C@@H](C(=O)C(=O)Nc1ccc(C)cc1C)C(=O)C(C)C. The second kappa shape index (κ2) is 8.61. The molecule has 1 atom stereocenters. The van der Waals surface area contributed by atoms with Crippen molar-refractivity contribution in [3.8, 4) is 0 Å². The standard InChI is InChI=1S/C19H27NO3/c1-6-7-8-15(17(21)12(2)3)18(22)19(23)20-16-10-9-13(4)11-14(16)5/h9-12,15H,6-8H2,1-5H3,(H,20,23)/t15-/m1/s1. The van der Waals surface area contributed by atoms with Crippen LogP contribution in [-0.4, -0.2) is 17.5 Å². The number of carbonyl (C=O) groups is 3. The lowest BCUT2D eigenvalue weighted by molar-refractivity contribution is -0.142. The molecular formula is C19H27NO3. The number of aryl methyl sites for hydroxylation is 2. The number of nitrogens with one attached hydrogen (secondary N) is 1. The van der Waals surface area contributed by atoms with Gasteiger partial charge in [0.2, 0.25) is 5.78 Å². The Labute approximate surface area is 138 Å². The summed E-state index contributed by atoms with van der Waals surface area (Å²) in [6.07, 6.45) is 2.08. The Hall–Kier alpha value is -1.97. The quantitative estimate of drug-likeness (QED) is 0.585. The number of hydrogen-bond donors (Lipinski definition) is 1. The van der Waals surface area contributed by atoms with E-state index in [2.05, 4.69) is 5.32 Å². The Bertz CT molecular complexity index is 590. The Balaban J connectivity index is 2.89. The van der Waals surface area contributed by atoms with Crippen molar-refractivity contribution in [2.75, 3.05) is 5.32 Å². The summed E-state index contributed by atoms with van der Waals surface area (Å²) < 4.78 is 0. The van der Waals surface area contributed by atoms with E-state index in [1.54, 1.807) is 19.9 Å². The highest BCUT2D eigenvalue weighted by Gasteiger charge is 2.32. The second-order valence-corrected chi connectivity index (χ2v) is 6.39. The van der Waals surface area contributed by atoms with Gasteiger partial charge in [-0.05, 0) is 31.9 Å². The molecule has 0 aliphatic carbocycles. The molecule has 0 saturated heterocycles. The predicted molar refractivity (Wildman–Crippen MR) is 92.4 cm³/mol. The van der Waals surface area contributed by atoms with Crippen LogP contribution >= 0.6 is 0 Å². The van der Waals surface area contributed by atoms with Gasteiger partial charge in [0.25, 0.3) is 5.91 Å². The normalized spacial score (nSPS) is 12.1. The molecule has 1 aromatic carbocycles. The summed E-state index contributed by atoms with van der Waals surface area (Å²) in [4.78, 5) is 37.0. The summed E-state index contributed by atoms with van der Waals surface area (Å²) >= 11 is 0. The van der Waals surface area contributed by atoms with Crippen molar-refractivity contribution in [1.82, 2.24) is 0 Å². The molecule has 0 aliphatic rings. The third-order valence-electron chi connectivity index (χ3n) is 3.93. The molecule has 126 valence electrons. The molecule has 0 saturated carbocycles. The van der Waals surface area contributed by atoms with E-state index in [1.165, 1.54) is 0 Å². The first-order valence-corrected chi connectivity index (χ1v) is 8.24. The zero-order valence-electron chi connectivity index (χ0n) is 14.7. The number of unbranched alkanes of at least 4 members (excludes halogenated alkanes) is 1. The van der Waals surface area contributed by atoms with Crippen molar-refractivity contribution >= 4 is 23.2 Å². The number of amides is 1. The first-order chi connectivity index (χ1) is 10.8. The van der Waals surface area contributed by atoms with E-state index in [9.17, 15) is 14.4 Å². The number of ketones is 2. The monoisotopic (exact) mass is 317 g/mol. The van der Waals surface area contributed by atoms with Crippen molar-refractivity contribution < 1.29 is 14.4 Å². The molecule has 0 radical (unpaired) electrons. The van der Waals surface area contributed by atoms with E-state index in [1.807, 2.05) is 32.9 Å². The lowest BCUT2D eigenvalue weighted by atomic mass is 9.87. The minimum absolute atomic E-state index is 0.153. The minimum Gasteiger partial charge on any atom is -0.319 e. The molecule has 0 spiro atoms. The number of Topliss-reactive ketones (excluding diaryl/α,β-unsaturated/α-hetero) is 2. The molecule has 0 aliphatic heterocycles. The Morgan fingerprint density at radius 1 is 1.13 bits per heavy atom. The molecule has 4 nitrogen and oxygen atoms in total. The topological polar surface area (TPSA) is 63.2 Å². The van der Waals surface area contributed by atoms with Crippen LogP contribution in [0.15, 0.2) is 18.2 Å². The molecule has 0 heterocycles. The van der Waals surface area contributed by atoms with Crippen LogP contribution < -0.4 is 5.32 Å². The van der Waals surface area contributed by atoms with Crippen LogP contribution in [0.2, 0.25) is 0 Å². The molecule has 0 fully saturated rings. The van der Waals surface area contributed by atoms with Gasteiger partial charge in [-0.1, -0.05) is 51.3 Å². The molecule has 1 rings (SSSR count). The van der Waals surface area contributed by atoms with Crippen LogP contribution in [0.1, 0.15) is 51.2 Å². The van der Waals surface area contributed by atoms with Crippen molar-refractivity contribution in [3.63, 3.8) is 0 Å². The van der Waals surface area contributed by atoms with Crippen molar-refractivity contribution in [2.45, 2.75) is 53.9 Å². The molecule has 23 heavy (non-hydrogen) atoms. The smallest absolute Gasteiger partial charge is 0.292 e. The summed E-state index contributed by atoms with van der Waals surface area (Å²) in [5.74, 6) is -2.57. The molecule has 0 bridgehead atoms. The van der Waals surface area contributed by atoms with Gasteiger partial charge >= 0.3 is 0 Å². The third-order valence-corrected chi connectivity index (χ3v) is 3.93. The Morgan fingerprint density at radius 2 is 1.78 bits per heavy atom. The minimum atomic E-state index is -0.833. The Morgan fingerprint density at radius 3 is 2.30 bits per heavy atom. The maximum absolute atomic E-state index is 12.4. The molecule has 1 aromatic rings. The summed E-state index contributed by atoms with van der Waals surface area (Å²) in [5.41, 5.74) is 2.59. The van der Waals surface area contributed by atoms with Crippen LogP contribution in [0.5, 0.6) is 0 Å². The fraction of sp³-hybridized carbons (Fsp3) is 0.526. The number of carbonyl (C=O) groups excluding carboxylic acids is 3. The van der Waals surface area contributed by atoms with Gasteiger partial charge in [0.15, 0.2) is 0 Å². The van der Waals surface area contributed by atoms with Crippen LogP contribution in [0, 0.1) is 25.7 Å². The largest absolute Gasteiger partial charge is 0.319 e. The molecular weight excluding hydrogens is 290 g/mol. The fourth-order valence-corrected chi connectivity index (χ4v) is 2.51. The van der Waals surface area contributed by atoms with Gasteiger partial charge in [0.05, 0.1) is 5.92 Å². The summed E-state index contributed by atoms with van der Waals surface area (Å²) in [5, 5.41) is 2.65. The van der Waals surface area contributed by atoms with Crippen LogP contribution in [0.25, 0.3) is 0 Å². The van der Waals surface area contributed by atoms with Crippen molar-refractivity contribution in [3.05, 3.63) is 29.3 Å². The van der Waals surface area contributed by atoms with Gasteiger partial charge in [-0.25, -0.2) is 0 Å². The lowest BCUT2D eigenvalue weighted by Gasteiger charge is -2.17. The number of anilines is 1. The van der Waals surface area contributed by atoms with Gasteiger partial charge < -0.3 is 5.32 Å². The highest BCUT2D eigenvalue weighted by Crippen LogP contribution is 2.19. The van der Waals surface area contributed by atoms with Gasteiger partial charge in [-0.3, -0.25) is 14.4 Å². The van der Waals surface area contributed by atoms with Gasteiger partial charge in [0.1, 0.15) is 5.78 Å². The fourth-order valence-electron chi connectivity index (χ4n) is 2.51. The predicted octanol–water partition coefficient (Wildman–Crippen LogP) is 3.84. The molecule has 1 amide bonds. The zero-order valence-corrected chi connectivity index (χ0v) is 14.7. The van der Waals surface area contributed by atoms with E-state index in [-0.39, 0.29) is 11.7 Å². The third kappa shape index (κ3) is 5.31. The highest BCUT2D eigenvalue weighted by atomic mass is 16.2. The average molecular weight is 317 g/mol. The van der Waals surface area contributed by atoms with Gasteiger partial charge in [-0.2, -0.15) is 0 Å². The summed E-state index contributed by atoms with van der Waals surface area (Å²) in [7, 11) is 0. The Kier molecular flexibility index (Phi) is 7.14. The van der Waals surface area contributed by atoms with Crippen LogP contribution in [0.3, 0.4) is 0 Å². The zero-order chi connectivity index (χ0) is 17.6. The van der Waals surface area contributed by atoms with E-state index in [0.29, 0.717) is 12.1 Å². The summed E-state index contributed by atoms with van der Waals surface area (Å²) in [6.45, 7) is 9.36. The maximum Gasteiger partial charge on any atom is 0.292 e. The first-order valence-electron chi connectivity index (χ1n) is 8.24. The first kappa shape index (κ1) is 19.1. The van der Waals surface area contributed by atoms with E-state index < -0.39 is 17.6 Å². The van der Waals surface area contributed by atoms with Gasteiger partial charge in [-0.15, -0.1) is 0 Å². The molecule has 4 heteroatoms. The average Bonchev–Trinajstić information content (AvgIpc) is 2.49. The van der Waals surface area contributed by atoms with Crippen molar-refractivity contribution in [2.24, 2.45) is 11.8 Å². The number of benzene rings is 1. The van der Waals surface area contributed by atoms with Crippen molar-refractivity contribution in [1.29, 1.82) is 0 Å². The van der Waals surface area contributed by atoms with E-state index >= 15 is 0 Å². The molecule has 0 aromatic heterocycles. The van der Waals surface area contributed by atoms with Gasteiger partial charge in [0, 0.05) is 11.6 Å². The second-order valence-electron chi connectivity index (χ2n) is 6.39. The van der Waals surface area contributed by atoms with E-state index in [4.69, 9.17) is 0 Å². The molecule has 0 unspecified atom stereocenters. The molecule has 1 N–H and O–H groups in total. The van der Waals surface area contributed by atoms with Crippen LogP contribution in [0.4, 0.5) is 5.69 Å². The number of hydrogen-bond acceptors (Lipinski definition) is 3.